The Kier molecular flexibility index (Phi) is 8.91. The average Bonchev–Trinajstić information content (AvgIpc) is 3.47. The number of aryl methyl sites for hydroxylation is 2. The predicted octanol–water partition coefficient (Wildman–Crippen LogP) is 2.44. The standard InChI is InChI=1S/C30H41N5O5/c1-39-26-15-21-8-9-28(37)35-17-22-14-24(18-34(16-22)29(38)19-33-12-11-31-20-33)25(35)6-3-7-27(36)32-10-4-5-23(13-21)30(26)40-2/h11-13,15,20,22,24-25H,3-10,14,16-19H2,1-2H3,(H,32,36)/t22-,24+,25-/m0/s1. The summed E-state index contributed by atoms with van der Waals surface area (Å²) in [7, 11) is 3.27. The maximum absolute atomic E-state index is 13.7. The van der Waals surface area contributed by atoms with Crippen molar-refractivity contribution in [2.75, 3.05) is 40.4 Å². The van der Waals surface area contributed by atoms with Gasteiger partial charge in [0.05, 0.1) is 20.5 Å². The predicted molar refractivity (Wildman–Crippen MR) is 149 cm³/mol. The topological polar surface area (TPSA) is 106 Å². The first-order chi connectivity index (χ1) is 19.4. The minimum atomic E-state index is 0.0225. The Hall–Kier alpha value is -3.56. The number of ether oxygens (including phenoxy) is 2. The van der Waals surface area contributed by atoms with Gasteiger partial charge in [-0.05, 0) is 67.6 Å². The number of carbonyl (C=O) groups is 3. The van der Waals surface area contributed by atoms with Crippen molar-refractivity contribution in [3.05, 3.63) is 42.0 Å². The van der Waals surface area contributed by atoms with Crippen LogP contribution in [0.15, 0.2) is 30.9 Å². The van der Waals surface area contributed by atoms with Crippen LogP contribution in [0.25, 0.3) is 0 Å². The van der Waals surface area contributed by atoms with Crippen LogP contribution >= 0.6 is 0 Å². The number of carbonyl (C=O) groups excluding carboxylic acids is 3. The van der Waals surface area contributed by atoms with Crippen molar-refractivity contribution in [2.45, 2.75) is 64.0 Å². The van der Waals surface area contributed by atoms with E-state index in [0.717, 1.165) is 36.8 Å². The average molecular weight is 552 g/mol. The van der Waals surface area contributed by atoms with Crippen molar-refractivity contribution >= 4 is 17.7 Å². The Balaban J connectivity index is 1.35. The smallest absolute Gasteiger partial charge is 0.242 e. The number of methoxy groups -OCH3 is 2. The summed E-state index contributed by atoms with van der Waals surface area (Å²) in [6.45, 7) is 2.84. The highest BCUT2D eigenvalue weighted by Gasteiger charge is 2.43. The Morgan fingerprint density at radius 1 is 1.05 bits per heavy atom. The summed E-state index contributed by atoms with van der Waals surface area (Å²) in [6, 6.07) is 4.09. The van der Waals surface area contributed by atoms with E-state index in [1.807, 2.05) is 11.0 Å². The zero-order valence-corrected chi connectivity index (χ0v) is 23.6. The van der Waals surface area contributed by atoms with Gasteiger partial charge < -0.3 is 29.2 Å². The molecule has 2 aromatic rings. The van der Waals surface area contributed by atoms with Gasteiger partial charge in [-0.15, -0.1) is 0 Å². The van der Waals surface area contributed by atoms with Gasteiger partial charge in [-0.1, -0.05) is 6.07 Å². The molecule has 2 saturated heterocycles. The van der Waals surface area contributed by atoms with E-state index in [9.17, 15) is 14.4 Å². The quantitative estimate of drug-likeness (QED) is 0.626. The van der Waals surface area contributed by atoms with E-state index >= 15 is 0 Å². The molecular weight excluding hydrogens is 510 g/mol. The van der Waals surface area contributed by atoms with Crippen molar-refractivity contribution in [2.24, 2.45) is 11.8 Å². The molecule has 0 spiro atoms. The number of piperidine rings is 2. The Labute approximate surface area is 236 Å². The highest BCUT2D eigenvalue weighted by Crippen LogP contribution is 2.37. The van der Waals surface area contributed by atoms with Crippen LogP contribution in [0.4, 0.5) is 0 Å². The molecular formula is C30H41N5O5. The van der Waals surface area contributed by atoms with Gasteiger partial charge in [-0.25, -0.2) is 4.98 Å². The minimum Gasteiger partial charge on any atom is -0.493 e. The van der Waals surface area contributed by atoms with E-state index in [-0.39, 0.29) is 42.1 Å². The fourth-order valence-corrected chi connectivity index (χ4v) is 6.74. The third kappa shape index (κ3) is 6.42. The van der Waals surface area contributed by atoms with E-state index in [4.69, 9.17) is 9.47 Å². The maximum atomic E-state index is 13.7. The molecule has 10 nitrogen and oxygen atoms in total. The first-order valence-corrected chi connectivity index (χ1v) is 14.5. The summed E-state index contributed by atoms with van der Waals surface area (Å²) >= 11 is 0. The second kappa shape index (κ2) is 12.7. The van der Waals surface area contributed by atoms with Gasteiger partial charge in [0, 0.05) is 57.5 Å². The number of aromatic nitrogens is 2. The number of nitrogens with zero attached hydrogens (tertiary/aromatic N) is 4. The molecule has 0 saturated carbocycles. The van der Waals surface area contributed by atoms with Gasteiger partial charge in [0.2, 0.25) is 17.7 Å². The van der Waals surface area contributed by atoms with Crippen LogP contribution in [0.2, 0.25) is 0 Å². The molecule has 40 heavy (non-hydrogen) atoms. The summed E-state index contributed by atoms with van der Waals surface area (Å²) in [5.74, 6) is 2.11. The number of imidazole rings is 1. The van der Waals surface area contributed by atoms with Gasteiger partial charge in [0.15, 0.2) is 11.5 Å². The van der Waals surface area contributed by atoms with Crippen molar-refractivity contribution in [1.82, 2.24) is 24.7 Å². The second-order valence-corrected chi connectivity index (χ2v) is 11.3. The molecule has 1 aromatic heterocycles. The highest BCUT2D eigenvalue weighted by atomic mass is 16.5. The van der Waals surface area contributed by atoms with Gasteiger partial charge in [-0.2, -0.15) is 0 Å². The van der Waals surface area contributed by atoms with Gasteiger partial charge in [-0.3, -0.25) is 14.4 Å². The molecule has 3 amide bonds. The molecule has 0 radical (unpaired) electrons. The van der Waals surface area contributed by atoms with E-state index in [1.54, 1.807) is 37.5 Å². The molecule has 3 atom stereocenters. The van der Waals surface area contributed by atoms with Crippen LogP contribution in [0.1, 0.15) is 49.7 Å². The number of rotatable bonds is 4. The van der Waals surface area contributed by atoms with Crippen LogP contribution in [-0.4, -0.2) is 83.5 Å². The van der Waals surface area contributed by atoms with Crippen molar-refractivity contribution in [1.29, 1.82) is 0 Å². The normalized spacial score (nSPS) is 24.2. The first-order valence-electron chi connectivity index (χ1n) is 14.5. The van der Waals surface area contributed by atoms with Gasteiger partial charge >= 0.3 is 0 Å². The van der Waals surface area contributed by atoms with Crippen molar-refractivity contribution in [3.8, 4) is 11.5 Å². The third-order valence-electron chi connectivity index (χ3n) is 8.61. The molecule has 5 rings (SSSR count). The van der Waals surface area contributed by atoms with Crippen LogP contribution in [0.5, 0.6) is 11.5 Å². The number of likely N-dealkylation sites (tertiary alicyclic amines) is 1. The fraction of sp³-hybridized carbons (Fsp3) is 0.600. The summed E-state index contributed by atoms with van der Waals surface area (Å²) in [6.07, 6.45) is 10.6. The van der Waals surface area contributed by atoms with Crippen molar-refractivity contribution in [3.63, 3.8) is 0 Å². The summed E-state index contributed by atoms with van der Waals surface area (Å²) in [5, 5.41) is 3.05. The van der Waals surface area contributed by atoms with Gasteiger partial charge in [0.1, 0.15) is 6.54 Å². The molecule has 3 aliphatic heterocycles. The molecule has 1 N–H and O–H groups in total. The molecule has 4 heterocycles. The Morgan fingerprint density at radius 2 is 1.93 bits per heavy atom. The lowest BCUT2D eigenvalue weighted by molar-refractivity contribution is -0.145. The molecule has 2 fully saturated rings. The van der Waals surface area contributed by atoms with Crippen LogP contribution < -0.4 is 14.8 Å². The van der Waals surface area contributed by atoms with Crippen LogP contribution in [-0.2, 0) is 33.8 Å². The maximum Gasteiger partial charge on any atom is 0.242 e. The van der Waals surface area contributed by atoms with Crippen molar-refractivity contribution < 1.29 is 23.9 Å². The Morgan fingerprint density at radius 3 is 2.70 bits per heavy atom. The van der Waals surface area contributed by atoms with E-state index in [2.05, 4.69) is 21.3 Å². The number of fused-ring (bicyclic) bond motifs is 6. The molecule has 0 aliphatic carbocycles. The van der Waals surface area contributed by atoms with Crippen LogP contribution in [0.3, 0.4) is 0 Å². The lowest BCUT2D eigenvalue weighted by atomic mass is 9.77. The van der Waals surface area contributed by atoms with Crippen LogP contribution in [0, 0.1) is 11.8 Å². The van der Waals surface area contributed by atoms with E-state index < -0.39 is 0 Å². The number of hydrogen-bond donors (Lipinski definition) is 1. The molecule has 1 aromatic carbocycles. The second-order valence-electron chi connectivity index (χ2n) is 11.3. The summed E-state index contributed by atoms with van der Waals surface area (Å²) in [4.78, 5) is 47.5. The Bertz CT molecular complexity index is 1200. The number of nitrogens with one attached hydrogen (secondary N) is 1. The zero-order chi connectivity index (χ0) is 28.1. The zero-order valence-electron chi connectivity index (χ0n) is 23.6. The SMILES string of the molecule is COc1cc2cc(c1OC)CCCNC(=O)CCC[C@H]1[C@@H]3C[C@@H](CN(C(=O)Cn4ccnc4)C3)CN1C(=O)CC2. The molecule has 3 aliphatic rings. The fourth-order valence-electron chi connectivity index (χ4n) is 6.74. The number of amides is 3. The third-order valence-corrected chi connectivity index (χ3v) is 8.61. The lowest BCUT2D eigenvalue weighted by Crippen LogP contribution is -2.60. The summed E-state index contributed by atoms with van der Waals surface area (Å²) < 4.78 is 13.1. The first kappa shape index (κ1) is 28.0. The van der Waals surface area contributed by atoms with E-state index in [1.165, 1.54) is 0 Å². The van der Waals surface area contributed by atoms with Gasteiger partial charge in [0.25, 0.3) is 0 Å². The van der Waals surface area contributed by atoms with E-state index in [0.29, 0.717) is 63.4 Å². The largest absolute Gasteiger partial charge is 0.493 e. The summed E-state index contributed by atoms with van der Waals surface area (Å²) in [5.41, 5.74) is 2.07. The molecule has 216 valence electrons. The minimum absolute atomic E-state index is 0.0225. The molecule has 4 bridgehead atoms. The highest BCUT2D eigenvalue weighted by molar-refractivity contribution is 5.78. The molecule has 0 unspecified atom stereocenters. The monoisotopic (exact) mass is 551 g/mol. The number of benzene rings is 1. The lowest BCUT2D eigenvalue weighted by Gasteiger charge is -2.51. The number of hydrogen-bond acceptors (Lipinski definition) is 6. The molecule has 10 heteroatoms.